The van der Waals surface area contributed by atoms with Gasteiger partial charge in [0.1, 0.15) is 5.82 Å². The van der Waals surface area contributed by atoms with Gasteiger partial charge in [0.05, 0.1) is 11.3 Å². The molecule has 138 valence electrons. The number of anilines is 3. The fourth-order valence-electron chi connectivity index (χ4n) is 4.11. The zero-order chi connectivity index (χ0) is 18.5. The molecule has 0 aromatic heterocycles. The smallest absolute Gasteiger partial charge is 0.370 e. The van der Waals surface area contributed by atoms with Crippen LogP contribution < -0.4 is 15.5 Å². The number of nitrogens with zero attached hydrogens (tertiary/aromatic N) is 1. The molecule has 26 heavy (non-hydrogen) atoms. The van der Waals surface area contributed by atoms with Crippen LogP contribution in [0.3, 0.4) is 0 Å². The molecule has 0 radical (unpaired) electrons. The van der Waals surface area contributed by atoms with Gasteiger partial charge in [-0.05, 0) is 54.9 Å². The molecule has 1 saturated heterocycles. The number of piperidine rings is 1. The van der Waals surface area contributed by atoms with Crippen molar-refractivity contribution in [1.82, 2.24) is 5.32 Å². The van der Waals surface area contributed by atoms with Gasteiger partial charge >= 0.3 is 6.18 Å². The summed E-state index contributed by atoms with van der Waals surface area (Å²) in [5, 5.41) is 6.26. The maximum absolute atomic E-state index is 13.7. The monoisotopic (exact) mass is 365 g/mol. The van der Waals surface area contributed by atoms with Crippen LogP contribution in [0.4, 0.5) is 34.6 Å². The summed E-state index contributed by atoms with van der Waals surface area (Å²) in [6, 6.07) is 8.57. The Kier molecular flexibility index (Phi) is 4.06. The summed E-state index contributed by atoms with van der Waals surface area (Å²) >= 11 is 0. The first-order chi connectivity index (χ1) is 12.3. The van der Waals surface area contributed by atoms with E-state index in [4.69, 9.17) is 0 Å². The summed E-state index contributed by atoms with van der Waals surface area (Å²) in [6.45, 7) is 1.47. The Morgan fingerprint density at radius 3 is 2.54 bits per heavy atom. The van der Waals surface area contributed by atoms with Crippen LogP contribution in [0.15, 0.2) is 36.4 Å². The van der Waals surface area contributed by atoms with Crippen LogP contribution >= 0.6 is 0 Å². The first kappa shape index (κ1) is 17.1. The number of nitrogens with one attached hydrogen (secondary N) is 2. The van der Waals surface area contributed by atoms with Crippen molar-refractivity contribution in [1.29, 1.82) is 0 Å². The van der Waals surface area contributed by atoms with Crippen molar-refractivity contribution in [3.05, 3.63) is 53.3 Å². The fraction of sp³-hybridized carbons (Fsp3) is 0.368. The molecule has 0 saturated carbocycles. The Hall–Kier alpha value is -2.28. The fourth-order valence-corrected chi connectivity index (χ4v) is 4.11. The van der Waals surface area contributed by atoms with E-state index >= 15 is 0 Å². The summed E-state index contributed by atoms with van der Waals surface area (Å²) in [7, 11) is 1.75. The first-order valence-corrected chi connectivity index (χ1v) is 8.56. The highest BCUT2D eigenvalue weighted by molar-refractivity contribution is 5.74. The van der Waals surface area contributed by atoms with E-state index in [0.717, 1.165) is 19.0 Å². The largest absolute Gasteiger partial charge is 0.418 e. The number of hydrogen-bond acceptors (Lipinski definition) is 3. The standard InChI is InChI=1S/C19H19F4N3/c1-26-17-6-7-24-10-15(17)14-8-13(9-16(18(14)26)19(21,22)23)25-12-4-2-11(20)3-5-12/h2-5,8-9,15,17,24-25H,6-7,10H2,1H3/t15-,17-/m0/s1. The van der Waals surface area contributed by atoms with Gasteiger partial charge in [0.15, 0.2) is 0 Å². The van der Waals surface area contributed by atoms with Gasteiger partial charge in [-0.3, -0.25) is 0 Å². The second kappa shape index (κ2) is 6.16. The lowest BCUT2D eigenvalue weighted by molar-refractivity contribution is -0.137. The molecule has 2 aliphatic heterocycles. The van der Waals surface area contributed by atoms with Crippen molar-refractivity contribution < 1.29 is 17.6 Å². The summed E-state index contributed by atoms with van der Waals surface area (Å²) in [5.41, 5.74) is 1.27. The van der Waals surface area contributed by atoms with E-state index < -0.39 is 17.6 Å². The van der Waals surface area contributed by atoms with Crippen molar-refractivity contribution >= 4 is 17.1 Å². The molecule has 0 amide bonds. The molecule has 2 atom stereocenters. The molecule has 0 spiro atoms. The van der Waals surface area contributed by atoms with Crippen molar-refractivity contribution in [2.45, 2.75) is 24.6 Å². The lowest BCUT2D eigenvalue weighted by Gasteiger charge is -2.31. The summed E-state index contributed by atoms with van der Waals surface area (Å²) in [4.78, 5) is 1.78. The molecule has 3 nitrogen and oxygen atoms in total. The number of halogens is 4. The van der Waals surface area contributed by atoms with Crippen molar-refractivity contribution in [2.24, 2.45) is 0 Å². The maximum Gasteiger partial charge on any atom is 0.418 e. The van der Waals surface area contributed by atoms with Crippen LogP contribution in [0, 0.1) is 5.82 Å². The first-order valence-electron chi connectivity index (χ1n) is 8.56. The van der Waals surface area contributed by atoms with Crippen LogP contribution in [0.2, 0.25) is 0 Å². The van der Waals surface area contributed by atoms with Gasteiger partial charge in [0.25, 0.3) is 0 Å². The SMILES string of the molecule is CN1c2c(cc(Nc3ccc(F)cc3)cc2C(F)(F)F)[C@@H]2CNCC[C@@H]21. The third kappa shape index (κ3) is 2.90. The minimum absolute atomic E-state index is 0.0276. The van der Waals surface area contributed by atoms with E-state index in [1.165, 1.54) is 24.3 Å². The average Bonchev–Trinajstić information content (AvgIpc) is 2.89. The molecular weight excluding hydrogens is 346 g/mol. The Balaban J connectivity index is 1.79. The van der Waals surface area contributed by atoms with Gasteiger partial charge in [-0.15, -0.1) is 0 Å². The summed E-state index contributed by atoms with van der Waals surface area (Å²) in [5.74, 6) is -0.363. The third-order valence-electron chi connectivity index (χ3n) is 5.27. The second-order valence-electron chi connectivity index (χ2n) is 6.87. The van der Waals surface area contributed by atoms with Crippen LogP contribution in [0.5, 0.6) is 0 Å². The lowest BCUT2D eigenvalue weighted by Crippen LogP contribution is -2.42. The average molecular weight is 365 g/mol. The predicted molar refractivity (Wildman–Crippen MR) is 93.5 cm³/mol. The molecule has 2 aliphatic rings. The molecule has 2 aromatic rings. The van der Waals surface area contributed by atoms with Crippen LogP contribution in [0.1, 0.15) is 23.5 Å². The minimum Gasteiger partial charge on any atom is -0.370 e. The van der Waals surface area contributed by atoms with Gasteiger partial charge < -0.3 is 15.5 Å². The van der Waals surface area contributed by atoms with Gasteiger partial charge in [-0.2, -0.15) is 13.2 Å². The van der Waals surface area contributed by atoms with Crippen molar-refractivity contribution in [2.75, 3.05) is 30.4 Å². The number of fused-ring (bicyclic) bond motifs is 3. The predicted octanol–water partition coefficient (Wildman–Crippen LogP) is 4.48. The minimum atomic E-state index is -4.44. The Labute approximate surface area is 149 Å². The molecule has 2 N–H and O–H groups in total. The Bertz CT molecular complexity index is 817. The normalized spacial score (nSPS) is 22.1. The number of hydrogen-bond donors (Lipinski definition) is 2. The molecular formula is C19H19F4N3. The van der Waals surface area contributed by atoms with Crippen LogP contribution in [0.25, 0.3) is 0 Å². The highest BCUT2D eigenvalue weighted by Gasteiger charge is 2.45. The Morgan fingerprint density at radius 1 is 1.12 bits per heavy atom. The van der Waals surface area contributed by atoms with E-state index in [-0.39, 0.29) is 17.6 Å². The highest BCUT2D eigenvalue weighted by atomic mass is 19.4. The molecule has 1 fully saturated rings. The lowest BCUT2D eigenvalue weighted by atomic mass is 9.89. The van der Waals surface area contributed by atoms with Crippen LogP contribution in [-0.4, -0.2) is 26.2 Å². The molecule has 0 bridgehead atoms. The molecule has 0 unspecified atom stereocenters. The summed E-state index contributed by atoms with van der Waals surface area (Å²) in [6.07, 6.45) is -3.63. The molecule has 2 heterocycles. The van der Waals surface area contributed by atoms with E-state index in [0.29, 0.717) is 23.5 Å². The quantitative estimate of drug-likeness (QED) is 0.769. The molecule has 4 rings (SSSR count). The number of rotatable bonds is 2. The zero-order valence-corrected chi connectivity index (χ0v) is 14.2. The molecule has 7 heteroatoms. The molecule has 0 aliphatic carbocycles. The van der Waals surface area contributed by atoms with Gasteiger partial charge in [0, 0.05) is 36.9 Å². The van der Waals surface area contributed by atoms with Crippen molar-refractivity contribution in [3.63, 3.8) is 0 Å². The van der Waals surface area contributed by atoms with E-state index in [1.54, 1.807) is 18.0 Å². The van der Waals surface area contributed by atoms with Gasteiger partial charge in [-0.25, -0.2) is 4.39 Å². The van der Waals surface area contributed by atoms with Crippen molar-refractivity contribution in [3.8, 4) is 0 Å². The highest BCUT2D eigenvalue weighted by Crippen LogP contribution is 2.50. The topological polar surface area (TPSA) is 27.3 Å². The Morgan fingerprint density at radius 2 is 1.85 bits per heavy atom. The zero-order valence-electron chi connectivity index (χ0n) is 14.2. The van der Waals surface area contributed by atoms with Gasteiger partial charge in [-0.1, -0.05) is 0 Å². The van der Waals surface area contributed by atoms with E-state index in [9.17, 15) is 17.6 Å². The van der Waals surface area contributed by atoms with Gasteiger partial charge in [0.2, 0.25) is 0 Å². The number of likely N-dealkylation sites (N-methyl/N-ethyl adjacent to an activating group) is 1. The third-order valence-corrected chi connectivity index (χ3v) is 5.27. The maximum atomic E-state index is 13.7. The second-order valence-corrected chi connectivity index (χ2v) is 6.87. The summed E-state index contributed by atoms with van der Waals surface area (Å²) < 4.78 is 54.3. The van der Waals surface area contributed by atoms with Crippen LogP contribution in [-0.2, 0) is 6.18 Å². The molecule has 2 aromatic carbocycles. The van der Waals surface area contributed by atoms with E-state index in [2.05, 4.69) is 10.6 Å². The number of alkyl halides is 3. The van der Waals surface area contributed by atoms with E-state index in [1.807, 2.05) is 0 Å². The number of benzene rings is 2.